The van der Waals surface area contributed by atoms with Crippen LogP contribution in [0.3, 0.4) is 0 Å². The fraction of sp³-hybridized carbons (Fsp3) is 0.533. The zero-order valence-electron chi connectivity index (χ0n) is 10.7. The minimum atomic E-state index is -0.686. The van der Waals surface area contributed by atoms with Gasteiger partial charge in [0, 0.05) is 24.9 Å². The Hall–Kier alpha value is -0.730. The van der Waals surface area contributed by atoms with Gasteiger partial charge >= 0.3 is 0 Å². The lowest BCUT2D eigenvalue weighted by molar-refractivity contribution is -0.130. The van der Waals surface area contributed by atoms with Crippen molar-refractivity contribution >= 4 is 29.1 Å². The zero-order chi connectivity index (χ0) is 13.5. The number of nitrogens with zero attached hydrogens (tertiary/aromatic N) is 1. The number of benzene rings is 1. The summed E-state index contributed by atoms with van der Waals surface area (Å²) in [6.07, 6.45) is 1.71. The van der Waals surface area contributed by atoms with E-state index in [0.717, 1.165) is 24.9 Å². The second kappa shape index (κ2) is 4.99. The van der Waals surface area contributed by atoms with Crippen LogP contribution in [0, 0.1) is 11.8 Å². The van der Waals surface area contributed by atoms with E-state index >= 15 is 0 Å². The Morgan fingerprint density at radius 1 is 1.32 bits per heavy atom. The molecule has 1 aliphatic heterocycles. The molecule has 1 saturated carbocycles. The van der Waals surface area contributed by atoms with Gasteiger partial charge in [-0.25, -0.2) is 0 Å². The molecule has 0 N–H and O–H groups in total. The van der Waals surface area contributed by atoms with Crippen molar-refractivity contribution in [2.24, 2.45) is 11.8 Å². The third kappa shape index (κ3) is 2.25. The predicted octanol–water partition coefficient (Wildman–Crippen LogP) is 3.27. The summed E-state index contributed by atoms with van der Waals surface area (Å²) in [5, 5.41) is 0. The molecule has 102 valence electrons. The van der Waals surface area contributed by atoms with Gasteiger partial charge in [-0.05, 0) is 24.3 Å². The van der Waals surface area contributed by atoms with Crippen molar-refractivity contribution in [3.05, 3.63) is 35.9 Å². The van der Waals surface area contributed by atoms with Crippen molar-refractivity contribution in [2.45, 2.75) is 24.3 Å². The summed E-state index contributed by atoms with van der Waals surface area (Å²) in [4.78, 5) is 13.7. The smallest absolute Gasteiger partial charge is 0.244 e. The van der Waals surface area contributed by atoms with Crippen LogP contribution in [0.15, 0.2) is 30.3 Å². The number of carbonyl (C=O) groups is 1. The van der Waals surface area contributed by atoms with E-state index < -0.39 is 4.87 Å². The average Bonchev–Trinajstić information content (AvgIpc) is 2.86. The van der Waals surface area contributed by atoms with E-state index in [4.69, 9.17) is 23.2 Å². The monoisotopic (exact) mass is 297 g/mol. The third-order valence-electron chi connectivity index (χ3n) is 4.37. The van der Waals surface area contributed by atoms with Crippen molar-refractivity contribution < 1.29 is 4.79 Å². The lowest BCUT2D eigenvalue weighted by Crippen LogP contribution is -2.36. The number of amides is 1. The first kappa shape index (κ1) is 13.3. The van der Waals surface area contributed by atoms with E-state index in [1.54, 1.807) is 0 Å². The van der Waals surface area contributed by atoms with Crippen LogP contribution in [0.25, 0.3) is 0 Å². The number of hydrogen-bond acceptors (Lipinski definition) is 1. The first-order chi connectivity index (χ1) is 9.13. The first-order valence-electron chi connectivity index (χ1n) is 6.71. The van der Waals surface area contributed by atoms with Crippen LogP contribution in [0.4, 0.5) is 0 Å². The molecule has 2 aliphatic rings. The topological polar surface area (TPSA) is 20.3 Å². The van der Waals surface area contributed by atoms with Crippen molar-refractivity contribution in [3.63, 3.8) is 0 Å². The zero-order valence-corrected chi connectivity index (χ0v) is 12.2. The van der Waals surface area contributed by atoms with Crippen LogP contribution in [-0.2, 0) is 11.3 Å². The summed E-state index contributed by atoms with van der Waals surface area (Å²) >= 11 is 12.5. The Morgan fingerprint density at radius 2 is 2.05 bits per heavy atom. The largest absolute Gasteiger partial charge is 0.336 e. The van der Waals surface area contributed by atoms with Gasteiger partial charge in [0.2, 0.25) is 5.91 Å². The fourth-order valence-corrected chi connectivity index (χ4v) is 4.14. The number of halogens is 2. The van der Waals surface area contributed by atoms with Gasteiger partial charge in [0.25, 0.3) is 0 Å². The third-order valence-corrected chi connectivity index (χ3v) is 5.43. The molecule has 0 radical (unpaired) electrons. The van der Waals surface area contributed by atoms with Crippen LogP contribution in [-0.4, -0.2) is 28.1 Å². The molecule has 1 amide bonds. The second-order valence-corrected chi connectivity index (χ2v) is 6.67. The van der Waals surface area contributed by atoms with Crippen molar-refractivity contribution in [3.8, 4) is 0 Å². The molecular weight excluding hydrogens is 281 g/mol. The number of carbonyl (C=O) groups excluding carboxylic acids is 1. The molecule has 0 unspecified atom stereocenters. The van der Waals surface area contributed by atoms with Gasteiger partial charge in [-0.3, -0.25) is 4.79 Å². The standard InChI is InChI=1S/C15H17Cl2NO/c16-8-12-6-13-10-18(14(19)15(13,17)7-12)9-11-4-2-1-3-5-11/h1-5,12-13H,6-10H2/t12-,13+,15+/m1/s1. The quantitative estimate of drug-likeness (QED) is 0.784. The average molecular weight is 298 g/mol. The molecule has 1 aromatic rings. The lowest BCUT2D eigenvalue weighted by atomic mass is 9.99. The van der Waals surface area contributed by atoms with E-state index in [0.29, 0.717) is 18.3 Å². The van der Waals surface area contributed by atoms with Crippen LogP contribution in [0.1, 0.15) is 18.4 Å². The van der Waals surface area contributed by atoms with E-state index in [9.17, 15) is 4.79 Å². The van der Waals surface area contributed by atoms with Gasteiger partial charge in [-0.1, -0.05) is 30.3 Å². The Labute approximate surface area is 123 Å². The lowest BCUT2D eigenvalue weighted by Gasteiger charge is -2.21. The molecule has 1 aromatic carbocycles. The Kier molecular flexibility index (Phi) is 3.48. The molecule has 1 saturated heterocycles. The van der Waals surface area contributed by atoms with Crippen LogP contribution >= 0.6 is 23.2 Å². The highest BCUT2D eigenvalue weighted by Gasteiger charge is 2.57. The van der Waals surface area contributed by atoms with E-state index in [1.165, 1.54) is 0 Å². The molecule has 3 atom stereocenters. The van der Waals surface area contributed by atoms with Crippen LogP contribution in [0.5, 0.6) is 0 Å². The van der Waals surface area contributed by atoms with Gasteiger partial charge < -0.3 is 4.90 Å². The van der Waals surface area contributed by atoms with Crippen molar-refractivity contribution in [2.75, 3.05) is 12.4 Å². The molecule has 1 aliphatic carbocycles. The minimum Gasteiger partial charge on any atom is -0.336 e. The SMILES string of the molecule is O=C1N(Cc2ccccc2)C[C@@H]2C[C@@H](CCl)C[C@@]12Cl. The molecule has 4 heteroatoms. The molecule has 0 aromatic heterocycles. The van der Waals surface area contributed by atoms with Gasteiger partial charge in [0.1, 0.15) is 4.87 Å². The maximum atomic E-state index is 12.5. The molecule has 0 spiro atoms. The molecular formula is C15H17Cl2NO. The number of rotatable bonds is 3. The van der Waals surface area contributed by atoms with E-state index in [1.807, 2.05) is 35.2 Å². The van der Waals surface area contributed by atoms with E-state index in [-0.39, 0.29) is 11.8 Å². The Morgan fingerprint density at radius 3 is 2.68 bits per heavy atom. The van der Waals surface area contributed by atoms with Crippen LogP contribution < -0.4 is 0 Å². The van der Waals surface area contributed by atoms with E-state index in [2.05, 4.69) is 0 Å². The van der Waals surface area contributed by atoms with Gasteiger partial charge in [-0.15, -0.1) is 23.2 Å². The maximum Gasteiger partial charge on any atom is 0.244 e. The maximum absolute atomic E-state index is 12.5. The number of hydrogen-bond donors (Lipinski definition) is 0. The van der Waals surface area contributed by atoms with Gasteiger partial charge in [-0.2, -0.15) is 0 Å². The summed E-state index contributed by atoms with van der Waals surface area (Å²) in [5.41, 5.74) is 1.16. The fourth-order valence-electron chi connectivity index (χ4n) is 3.41. The van der Waals surface area contributed by atoms with Crippen LogP contribution in [0.2, 0.25) is 0 Å². The highest BCUT2D eigenvalue weighted by molar-refractivity contribution is 6.36. The number of fused-ring (bicyclic) bond motifs is 1. The number of likely N-dealkylation sites (tertiary alicyclic amines) is 1. The van der Waals surface area contributed by atoms with Gasteiger partial charge in [0.15, 0.2) is 0 Å². The summed E-state index contributed by atoms with van der Waals surface area (Å²) in [6.45, 7) is 1.43. The molecule has 2 fully saturated rings. The minimum absolute atomic E-state index is 0.0932. The molecule has 1 heterocycles. The Balaban J connectivity index is 1.74. The normalized spacial score (nSPS) is 33.8. The Bertz CT molecular complexity index is 478. The summed E-state index contributed by atoms with van der Waals surface area (Å²) < 4.78 is 0. The van der Waals surface area contributed by atoms with Crippen molar-refractivity contribution in [1.29, 1.82) is 0 Å². The molecule has 3 rings (SSSR count). The van der Waals surface area contributed by atoms with Gasteiger partial charge in [0.05, 0.1) is 0 Å². The first-order valence-corrected chi connectivity index (χ1v) is 7.63. The summed E-state index contributed by atoms with van der Waals surface area (Å²) in [7, 11) is 0. The summed E-state index contributed by atoms with van der Waals surface area (Å²) in [5.74, 6) is 1.36. The highest BCUT2D eigenvalue weighted by Crippen LogP contribution is 2.50. The second-order valence-electron chi connectivity index (χ2n) is 5.69. The molecule has 2 nitrogen and oxygen atoms in total. The summed E-state index contributed by atoms with van der Waals surface area (Å²) in [6, 6.07) is 10.1. The predicted molar refractivity (Wildman–Crippen MR) is 77.4 cm³/mol. The molecule has 19 heavy (non-hydrogen) atoms. The number of alkyl halides is 2. The highest BCUT2D eigenvalue weighted by atomic mass is 35.5. The van der Waals surface area contributed by atoms with Crippen molar-refractivity contribution in [1.82, 2.24) is 4.90 Å². The molecule has 0 bridgehead atoms.